The molecule has 0 spiro atoms. The van der Waals surface area contributed by atoms with Crippen LogP contribution in [-0.4, -0.2) is 31.4 Å². The molecule has 0 aliphatic heterocycles. The van der Waals surface area contributed by atoms with Crippen LogP contribution in [0.4, 0.5) is 0 Å². The molecule has 0 saturated carbocycles. The summed E-state index contributed by atoms with van der Waals surface area (Å²) in [5.41, 5.74) is 5.02. The minimum Gasteiger partial charge on any atom is -0.349 e. The van der Waals surface area contributed by atoms with E-state index in [2.05, 4.69) is 56.5 Å². The van der Waals surface area contributed by atoms with Gasteiger partial charge in [0.05, 0.1) is 17.3 Å². The number of nitrogens with one attached hydrogen (secondary N) is 1. The molecule has 1 amide bonds. The lowest BCUT2D eigenvalue weighted by molar-refractivity contribution is -0.119. The van der Waals surface area contributed by atoms with E-state index in [9.17, 15) is 4.79 Å². The number of para-hydroxylation sites is 1. The number of nitrogens with zero attached hydrogens (tertiary/aromatic N) is 4. The Morgan fingerprint density at radius 3 is 2.44 bits per heavy atom. The maximum Gasteiger partial charge on any atom is 0.230 e. The molecular weight excluding hydrogens is 442 g/mol. The van der Waals surface area contributed by atoms with Crippen molar-refractivity contribution >= 4 is 39.7 Å². The monoisotopic (exact) mass is 467 g/mol. The summed E-state index contributed by atoms with van der Waals surface area (Å²) >= 11 is 1.30. The fourth-order valence-corrected chi connectivity index (χ4v) is 4.69. The smallest absolute Gasteiger partial charge is 0.230 e. The number of hydrogen-bond acceptors (Lipinski definition) is 5. The first-order chi connectivity index (χ1) is 16.7. The first kappa shape index (κ1) is 22.1. The van der Waals surface area contributed by atoms with E-state index < -0.39 is 0 Å². The zero-order valence-corrected chi connectivity index (χ0v) is 19.7. The summed E-state index contributed by atoms with van der Waals surface area (Å²) in [6, 6.07) is 28.5. The van der Waals surface area contributed by atoms with Gasteiger partial charge in [-0.15, -0.1) is 10.2 Å². The average molecular weight is 468 g/mol. The van der Waals surface area contributed by atoms with Gasteiger partial charge in [-0.25, -0.2) is 4.98 Å². The zero-order valence-electron chi connectivity index (χ0n) is 18.9. The van der Waals surface area contributed by atoms with E-state index in [-0.39, 0.29) is 17.7 Å². The number of benzene rings is 3. The number of aryl methyl sites for hydroxylation is 2. The predicted molar refractivity (Wildman–Crippen MR) is 137 cm³/mol. The summed E-state index contributed by atoms with van der Waals surface area (Å²) in [6.07, 6.45) is 0.890. The lowest BCUT2D eigenvalue weighted by atomic mass is 10.1. The van der Waals surface area contributed by atoms with Crippen LogP contribution in [0.1, 0.15) is 24.1 Å². The van der Waals surface area contributed by atoms with Crippen molar-refractivity contribution in [3.05, 3.63) is 96.1 Å². The van der Waals surface area contributed by atoms with E-state index in [0.29, 0.717) is 5.16 Å². The van der Waals surface area contributed by atoms with Crippen molar-refractivity contribution in [1.29, 1.82) is 0 Å². The van der Waals surface area contributed by atoms with Crippen LogP contribution in [-0.2, 0) is 17.8 Å². The Morgan fingerprint density at radius 2 is 1.65 bits per heavy atom. The van der Waals surface area contributed by atoms with Crippen molar-refractivity contribution in [2.24, 2.45) is 0 Å². The fourth-order valence-electron chi connectivity index (χ4n) is 4.10. The normalized spacial score (nSPS) is 12.1. The molecule has 3 aromatic carbocycles. The third-order valence-corrected chi connectivity index (χ3v) is 6.67. The molecule has 2 aromatic heterocycles. The Kier molecular flexibility index (Phi) is 6.53. The van der Waals surface area contributed by atoms with Gasteiger partial charge in [0.2, 0.25) is 11.1 Å². The van der Waals surface area contributed by atoms with Crippen molar-refractivity contribution in [1.82, 2.24) is 25.1 Å². The van der Waals surface area contributed by atoms with Crippen LogP contribution in [0.2, 0.25) is 0 Å². The first-order valence-corrected chi connectivity index (χ1v) is 12.3. The molecule has 5 rings (SSSR count). The lowest BCUT2D eigenvalue weighted by Crippen LogP contribution is -2.28. The number of hydrogen-bond donors (Lipinski definition) is 1. The molecule has 0 aliphatic carbocycles. The number of amides is 1. The predicted octanol–water partition coefficient (Wildman–Crippen LogP) is 5.19. The molecule has 7 heteroatoms. The minimum absolute atomic E-state index is 0.0589. The standard InChI is InChI=1S/C27H25N5OS/c1-19(21-12-6-3-7-13-21)28-24(33)18-34-27-29-26-25(30-31-27)22-14-8-9-15-23(22)32(26)17-16-20-10-4-2-5-11-20/h2-15,19H,16-18H2,1H3,(H,28,33)/t19-/m1/s1. The number of aromatic nitrogens is 4. The van der Waals surface area contributed by atoms with E-state index in [1.807, 2.05) is 55.5 Å². The van der Waals surface area contributed by atoms with Crippen molar-refractivity contribution in [3.8, 4) is 0 Å². The number of carbonyl (C=O) groups is 1. The molecule has 5 aromatic rings. The molecule has 170 valence electrons. The summed E-state index contributed by atoms with van der Waals surface area (Å²) in [5, 5.41) is 13.4. The van der Waals surface area contributed by atoms with Gasteiger partial charge in [0.15, 0.2) is 5.65 Å². The van der Waals surface area contributed by atoms with Crippen LogP contribution in [0.5, 0.6) is 0 Å². The Balaban J connectivity index is 1.34. The molecule has 2 heterocycles. The second-order valence-electron chi connectivity index (χ2n) is 8.16. The Labute approximate surface area is 202 Å². The van der Waals surface area contributed by atoms with Gasteiger partial charge in [-0.3, -0.25) is 4.79 Å². The van der Waals surface area contributed by atoms with Crippen molar-refractivity contribution in [2.45, 2.75) is 31.1 Å². The second kappa shape index (κ2) is 10.1. The Morgan fingerprint density at radius 1 is 0.941 bits per heavy atom. The van der Waals surface area contributed by atoms with Gasteiger partial charge in [-0.05, 0) is 30.5 Å². The highest BCUT2D eigenvalue weighted by Crippen LogP contribution is 2.27. The number of fused-ring (bicyclic) bond motifs is 3. The molecule has 0 unspecified atom stereocenters. The summed E-state index contributed by atoms with van der Waals surface area (Å²) in [6.45, 7) is 2.76. The van der Waals surface area contributed by atoms with Crippen molar-refractivity contribution in [3.63, 3.8) is 0 Å². The van der Waals surface area contributed by atoms with Gasteiger partial charge >= 0.3 is 0 Å². The van der Waals surface area contributed by atoms with Gasteiger partial charge in [0.25, 0.3) is 0 Å². The summed E-state index contributed by atoms with van der Waals surface area (Å²) in [4.78, 5) is 17.3. The van der Waals surface area contributed by atoms with Crippen LogP contribution in [0.3, 0.4) is 0 Å². The Bertz CT molecular complexity index is 1420. The van der Waals surface area contributed by atoms with Gasteiger partial charge in [-0.2, -0.15) is 0 Å². The lowest BCUT2D eigenvalue weighted by Gasteiger charge is -2.13. The molecule has 0 fully saturated rings. The second-order valence-corrected chi connectivity index (χ2v) is 9.10. The quantitative estimate of drug-likeness (QED) is 0.318. The summed E-state index contributed by atoms with van der Waals surface area (Å²) in [7, 11) is 0. The first-order valence-electron chi connectivity index (χ1n) is 11.3. The summed E-state index contributed by atoms with van der Waals surface area (Å²) < 4.78 is 2.20. The fraction of sp³-hybridized carbons (Fsp3) is 0.185. The molecular formula is C27H25N5OS. The van der Waals surface area contributed by atoms with Crippen LogP contribution in [0, 0.1) is 0 Å². The molecule has 1 N–H and O–H groups in total. The molecule has 6 nitrogen and oxygen atoms in total. The van der Waals surface area contributed by atoms with Gasteiger partial charge < -0.3 is 9.88 Å². The number of thioether (sulfide) groups is 1. The minimum atomic E-state index is -0.0605. The average Bonchev–Trinajstić information content (AvgIpc) is 3.20. The molecule has 0 radical (unpaired) electrons. The van der Waals surface area contributed by atoms with E-state index in [4.69, 9.17) is 4.98 Å². The van der Waals surface area contributed by atoms with Crippen LogP contribution < -0.4 is 5.32 Å². The summed E-state index contributed by atoms with van der Waals surface area (Å²) in [5.74, 6) is 0.170. The van der Waals surface area contributed by atoms with Gasteiger partial charge in [0, 0.05) is 11.9 Å². The SMILES string of the molecule is C[C@@H](NC(=O)CSc1nnc2c3ccccc3n(CCc3ccccc3)c2n1)c1ccccc1. The molecule has 0 aliphatic rings. The topological polar surface area (TPSA) is 72.7 Å². The van der Waals surface area contributed by atoms with E-state index >= 15 is 0 Å². The van der Waals surface area contributed by atoms with E-state index in [1.54, 1.807) is 0 Å². The van der Waals surface area contributed by atoms with Gasteiger partial charge in [-0.1, -0.05) is 90.6 Å². The highest BCUT2D eigenvalue weighted by Gasteiger charge is 2.16. The number of carbonyl (C=O) groups excluding carboxylic acids is 1. The third kappa shape index (κ3) is 4.79. The molecule has 1 atom stereocenters. The maximum absolute atomic E-state index is 12.5. The molecule has 0 saturated heterocycles. The van der Waals surface area contributed by atoms with Crippen LogP contribution >= 0.6 is 11.8 Å². The molecule has 0 bridgehead atoms. The van der Waals surface area contributed by atoms with E-state index in [0.717, 1.165) is 40.6 Å². The molecule has 34 heavy (non-hydrogen) atoms. The van der Waals surface area contributed by atoms with Gasteiger partial charge in [0.1, 0.15) is 5.52 Å². The van der Waals surface area contributed by atoms with Crippen LogP contribution in [0.15, 0.2) is 90.1 Å². The van der Waals surface area contributed by atoms with Crippen molar-refractivity contribution in [2.75, 3.05) is 5.75 Å². The van der Waals surface area contributed by atoms with Crippen molar-refractivity contribution < 1.29 is 4.79 Å². The van der Waals surface area contributed by atoms with E-state index in [1.165, 1.54) is 17.3 Å². The highest BCUT2D eigenvalue weighted by molar-refractivity contribution is 7.99. The largest absolute Gasteiger partial charge is 0.349 e. The third-order valence-electron chi connectivity index (χ3n) is 5.83. The zero-order chi connectivity index (χ0) is 23.3. The van der Waals surface area contributed by atoms with Crippen LogP contribution in [0.25, 0.3) is 22.1 Å². The highest BCUT2D eigenvalue weighted by atomic mass is 32.2. The number of rotatable bonds is 8. The Hall–Kier alpha value is -3.71. The maximum atomic E-state index is 12.5.